The summed E-state index contributed by atoms with van der Waals surface area (Å²) < 4.78 is 15.8. The first-order chi connectivity index (χ1) is 6.37. The molecule has 1 fully saturated rings. The van der Waals surface area contributed by atoms with Crippen molar-refractivity contribution >= 4 is 5.97 Å². The molecule has 0 radical (unpaired) electrons. The quantitative estimate of drug-likeness (QED) is 0.634. The van der Waals surface area contributed by atoms with Gasteiger partial charge in [0, 0.05) is 0 Å². The minimum Gasteiger partial charge on any atom is -0.469 e. The molecule has 0 aromatic carbocycles. The van der Waals surface area contributed by atoms with E-state index < -0.39 is 5.79 Å². The zero-order chi connectivity index (χ0) is 10.9. The lowest BCUT2D eigenvalue weighted by Gasteiger charge is -2.20. The second kappa shape index (κ2) is 3.87. The van der Waals surface area contributed by atoms with Crippen LogP contribution in [-0.4, -0.2) is 31.1 Å². The smallest absolute Gasteiger partial charge is 0.311 e. The van der Waals surface area contributed by atoms with Gasteiger partial charge in [0.15, 0.2) is 5.79 Å². The molecule has 1 saturated heterocycles. The van der Waals surface area contributed by atoms with Crippen molar-refractivity contribution in [3.05, 3.63) is 0 Å². The first-order valence-electron chi connectivity index (χ1n) is 4.81. The topological polar surface area (TPSA) is 44.8 Å². The Balaban J connectivity index is 2.66. The standard InChI is InChI=1S/C10H18O4/c1-6(9(11)12-5)8-7(2)13-10(3,4)14-8/h6-8H,1-5H3/t6-,7?,8-/m1/s1. The number of esters is 1. The van der Waals surface area contributed by atoms with E-state index in [0.29, 0.717) is 0 Å². The molecule has 1 aliphatic rings. The molecule has 1 aliphatic heterocycles. The van der Waals surface area contributed by atoms with Crippen molar-refractivity contribution in [2.75, 3.05) is 7.11 Å². The maximum absolute atomic E-state index is 11.3. The minimum atomic E-state index is -0.605. The van der Waals surface area contributed by atoms with Gasteiger partial charge in [0.1, 0.15) is 0 Å². The van der Waals surface area contributed by atoms with Crippen LogP contribution in [0.4, 0.5) is 0 Å². The Morgan fingerprint density at radius 3 is 2.36 bits per heavy atom. The fraction of sp³-hybridized carbons (Fsp3) is 0.900. The molecule has 0 spiro atoms. The highest BCUT2D eigenvalue weighted by molar-refractivity contribution is 5.72. The highest BCUT2D eigenvalue weighted by atomic mass is 16.8. The Bertz CT molecular complexity index is 224. The molecule has 4 nitrogen and oxygen atoms in total. The fourth-order valence-corrected chi connectivity index (χ4v) is 1.79. The lowest BCUT2D eigenvalue weighted by molar-refractivity contribution is -0.161. The van der Waals surface area contributed by atoms with E-state index in [0.717, 1.165) is 0 Å². The maximum Gasteiger partial charge on any atom is 0.311 e. The van der Waals surface area contributed by atoms with Gasteiger partial charge in [0.2, 0.25) is 0 Å². The summed E-state index contributed by atoms with van der Waals surface area (Å²) in [5.41, 5.74) is 0. The lowest BCUT2D eigenvalue weighted by atomic mass is 10.0. The number of methoxy groups -OCH3 is 1. The highest BCUT2D eigenvalue weighted by Gasteiger charge is 2.43. The van der Waals surface area contributed by atoms with Gasteiger partial charge < -0.3 is 14.2 Å². The maximum atomic E-state index is 11.3. The first kappa shape index (κ1) is 11.5. The van der Waals surface area contributed by atoms with Crippen LogP contribution >= 0.6 is 0 Å². The molecule has 0 aromatic heterocycles. The molecule has 1 heterocycles. The molecule has 1 rings (SSSR count). The van der Waals surface area contributed by atoms with E-state index >= 15 is 0 Å². The Labute approximate surface area is 84.5 Å². The third-order valence-corrected chi connectivity index (χ3v) is 2.42. The van der Waals surface area contributed by atoms with E-state index in [1.54, 1.807) is 6.92 Å². The molecule has 0 aromatic rings. The second-order valence-corrected chi connectivity index (χ2v) is 4.12. The van der Waals surface area contributed by atoms with Crippen LogP contribution in [0.2, 0.25) is 0 Å². The van der Waals surface area contributed by atoms with E-state index in [2.05, 4.69) is 4.74 Å². The van der Waals surface area contributed by atoms with E-state index in [9.17, 15) is 4.79 Å². The first-order valence-corrected chi connectivity index (χ1v) is 4.81. The summed E-state index contributed by atoms with van der Waals surface area (Å²) in [6.45, 7) is 7.37. The summed E-state index contributed by atoms with van der Waals surface area (Å²) in [6.07, 6.45) is -0.309. The molecule has 0 bridgehead atoms. The van der Waals surface area contributed by atoms with Crippen LogP contribution in [0.25, 0.3) is 0 Å². The van der Waals surface area contributed by atoms with Crippen LogP contribution in [-0.2, 0) is 19.0 Å². The summed E-state index contributed by atoms with van der Waals surface area (Å²) in [4.78, 5) is 11.3. The minimum absolute atomic E-state index is 0.0842. The van der Waals surface area contributed by atoms with E-state index in [4.69, 9.17) is 9.47 Å². The van der Waals surface area contributed by atoms with Crippen molar-refractivity contribution < 1.29 is 19.0 Å². The van der Waals surface area contributed by atoms with Gasteiger partial charge >= 0.3 is 5.97 Å². The lowest BCUT2D eigenvalue weighted by Crippen LogP contribution is -2.33. The molecule has 4 heteroatoms. The molecule has 0 saturated carbocycles. The van der Waals surface area contributed by atoms with E-state index in [1.165, 1.54) is 7.11 Å². The van der Waals surface area contributed by atoms with Crippen LogP contribution < -0.4 is 0 Å². The molecule has 14 heavy (non-hydrogen) atoms. The predicted octanol–water partition coefficient (Wildman–Crippen LogP) is 1.34. The van der Waals surface area contributed by atoms with Crippen LogP contribution in [0.15, 0.2) is 0 Å². The number of carbonyl (C=O) groups excluding carboxylic acids is 1. The van der Waals surface area contributed by atoms with Crippen molar-refractivity contribution in [1.82, 2.24) is 0 Å². The van der Waals surface area contributed by atoms with Gasteiger partial charge in [-0.3, -0.25) is 4.79 Å². The summed E-state index contributed by atoms with van der Waals surface area (Å²) >= 11 is 0. The SMILES string of the molecule is COC(=O)[C@H](C)[C@H]1OC(C)(C)OC1C. The summed E-state index contributed by atoms with van der Waals surface area (Å²) in [5, 5.41) is 0. The van der Waals surface area contributed by atoms with Gasteiger partial charge in [0.25, 0.3) is 0 Å². The number of rotatable bonds is 2. The van der Waals surface area contributed by atoms with Crippen molar-refractivity contribution in [1.29, 1.82) is 0 Å². The van der Waals surface area contributed by atoms with Crippen LogP contribution in [0, 0.1) is 5.92 Å². The molecule has 0 aliphatic carbocycles. The molecule has 82 valence electrons. The van der Waals surface area contributed by atoms with Crippen molar-refractivity contribution in [2.45, 2.75) is 45.7 Å². The van der Waals surface area contributed by atoms with Crippen LogP contribution in [0.5, 0.6) is 0 Å². The number of carbonyl (C=O) groups is 1. The van der Waals surface area contributed by atoms with Crippen molar-refractivity contribution in [2.24, 2.45) is 5.92 Å². The van der Waals surface area contributed by atoms with Crippen molar-refractivity contribution in [3.8, 4) is 0 Å². The van der Waals surface area contributed by atoms with Gasteiger partial charge in [0.05, 0.1) is 25.2 Å². The third-order valence-electron chi connectivity index (χ3n) is 2.42. The molecule has 1 unspecified atom stereocenters. The zero-order valence-electron chi connectivity index (χ0n) is 9.37. The van der Waals surface area contributed by atoms with Gasteiger partial charge in [-0.2, -0.15) is 0 Å². The largest absolute Gasteiger partial charge is 0.469 e. The summed E-state index contributed by atoms with van der Waals surface area (Å²) in [7, 11) is 1.38. The fourth-order valence-electron chi connectivity index (χ4n) is 1.79. The third kappa shape index (κ3) is 2.25. The molecule has 0 N–H and O–H groups in total. The number of hydrogen-bond acceptors (Lipinski definition) is 4. The average molecular weight is 202 g/mol. The molecular formula is C10H18O4. The van der Waals surface area contributed by atoms with Crippen LogP contribution in [0.3, 0.4) is 0 Å². The number of hydrogen-bond donors (Lipinski definition) is 0. The summed E-state index contributed by atoms with van der Waals surface area (Å²) in [6, 6.07) is 0. The second-order valence-electron chi connectivity index (χ2n) is 4.12. The molecule has 0 amide bonds. The zero-order valence-corrected chi connectivity index (χ0v) is 9.37. The van der Waals surface area contributed by atoms with Gasteiger partial charge in [-0.15, -0.1) is 0 Å². The Morgan fingerprint density at radius 2 is 2.00 bits per heavy atom. The summed E-state index contributed by atoms with van der Waals surface area (Å²) in [5.74, 6) is -1.16. The Kier molecular flexibility index (Phi) is 3.17. The Hall–Kier alpha value is -0.610. The van der Waals surface area contributed by atoms with Gasteiger partial charge in [-0.05, 0) is 27.7 Å². The average Bonchev–Trinajstić information content (AvgIpc) is 2.37. The van der Waals surface area contributed by atoms with Crippen molar-refractivity contribution in [3.63, 3.8) is 0 Å². The van der Waals surface area contributed by atoms with E-state index in [-0.39, 0.29) is 24.1 Å². The van der Waals surface area contributed by atoms with Crippen LogP contribution in [0.1, 0.15) is 27.7 Å². The monoisotopic (exact) mass is 202 g/mol. The van der Waals surface area contributed by atoms with Gasteiger partial charge in [-0.25, -0.2) is 0 Å². The predicted molar refractivity (Wildman–Crippen MR) is 50.7 cm³/mol. The van der Waals surface area contributed by atoms with Gasteiger partial charge in [-0.1, -0.05) is 0 Å². The molecule has 3 atom stereocenters. The normalized spacial score (nSPS) is 32.6. The Morgan fingerprint density at radius 1 is 1.43 bits per heavy atom. The number of ether oxygens (including phenoxy) is 3. The van der Waals surface area contributed by atoms with E-state index in [1.807, 2.05) is 20.8 Å². The highest BCUT2D eigenvalue weighted by Crippen LogP contribution is 2.32. The molecular weight excluding hydrogens is 184 g/mol.